The lowest BCUT2D eigenvalue weighted by Crippen LogP contribution is -2.17. The van der Waals surface area contributed by atoms with Crippen molar-refractivity contribution >= 4 is 0 Å². The largest absolute Gasteiger partial charge is 0.317 e. The van der Waals surface area contributed by atoms with E-state index in [1.54, 1.807) is 0 Å². The lowest BCUT2D eigenvalue weighted by Gasteiger charge is -2.18. The Morgan fingerprint density at radius 2 is 1.50 bits per heavy atom. The predicted molar refractivity (Wildman–Crippen MR) is 84.9 cm³/mol. The van der Waals surface area contributed by atoms with Crippen molar-refractivity contribution in [3.05, 3.63) is 71.8 Å². The molecular weight excluding hydrogens is 242 g/mol. The van der Waals surface area contributed by atoms with Crippen molar-refractivity contribution in [3.8, 4) is 0 Å². The summed E-state index contributed by atoms with van der Waals surface area (Å²) in [5.74, 6) is 2.18. The zero-order chi connectivity index (χ0) is 13.8. The molecule has 3 rings (SSSR count). The van der Waals surface area contributed by atoms with Gasteiger partial charge in [0, 0.05) is 5.92 Å². The first-order valence-electron chi connectivity index (χ1n) is 7.70. The molecule has 0 bridgehead atoms. The van der Waals surface area contributed by atoms with Crippen LogP contribution in [0.15, 0.2) is 60.7 Å². The summed E-state index contributed by atoms with van der Waals surface area (Å²) in [5, 5.41) is 3.50. The van der Waals surface area contributed by atoms with Crippen LogP contribution in [0.2, 0.25) is 0 Å². The molecule has 1 fully saturated rings. The van der Waals surface area contributed by atoms with Crippen molar-refractivity contribution in [2.24, 2.45) is 11.8 Å². The van der Waals surface area contributed by atoms with Gasteiger partial charge in [-0.2, -0.15) is 0 Å². The molecule has 1 N–H and O–H groups in total. The Bertz CT molecular complexity index is 480. The summed E-state index contributed by atoms with van der Waals surface area (Å²) in [6, 6.07) is 22.0. The molecule has 1 heteroatoms. The van der Waals surface area contributed by atoms with E-state index in [0.29, 0.717) is 5.92 Å². The monoisotopic (exact) mass is 265 g/mol. The maximum Gasteiger partial charge on any atom is 0.0121 e. The molecule has 0 aromatic heterocycles. The molecule has 1 nitrogen and oxygen atoms in total. The lowest BCUT2D eigenvalue weighted by atomic mass is 9.86. The highest BCUT2D eigenvalue weighted by Gasteiger charge is 2.43. The van der Waals surface area contributed by atoms with Crippen molar-refractivity contribution in [2.45, 2.75) is 19.3 Å². The number of rotatable bonds is 6. The van der Waals surface area contributed by atoms with Crippen LogP contribution in [0.4, 0.5) is 0 Å². The highest BCUT2D eigenvalue weighted by molar-refractivity contribution is 5.35. The molecule has 1 aliphatic rings. The highest BCUT2D eigenvalue weighted by atomic mass is 14.9. The minimum absolute atomic E-state index is 0.557. The van der Waals surface area contributed by atoms with Crippen LogP contribution in [0.5, 0.6) is 0 Å². The van der Waals surface area contributed by atoms with Crippen LogP contribution in [0.1, 0.15) is 30.4 Å². The Kier molecular flexibility index (Phi) is 4.17. The standard InChI is InChI=1S/C19H23N/c1-2-20-14-17-13-18(17)19(15-9-5-3-6-10-15)16-11-7-4-8-12-16/h3-12,17-20H,2,13-14H2,1H3. The molecule has 0 heterocycles. The van der Waals surface area contributed by atoms with Gasteiger partial charge in [-0.3, -0.25) is 0 Å². The highest BCUT2D eigenvalue weighted by Crippen LogP contribution is 2.51. The number of hydrogen-bond acceptors (Lipinski definition) is 1. The van der Waals surface area contributed by atoms with Gasteiger partial charge in [-0.25, -0.2) is 0 Å². The lowest BCUT2D eigenvalue weighted by molar-refractivity contribution is 0.578. The van der Waals surface area contributed by atoms with Crippen molar-refractivity contribution in [1.82, 2.24) is 5.32 Å². The van der Waals surface area contributed by atoms with Gasteiger partial charge in [-0.15, -0.1) is 0 Å². The second-order valence-electron chi connectivity index (χ2n) is 5.77. The van der Waals surface area contributed by atoms with E-state index in [9.17, 15) is 0 Å². The Morgan fingerprint density at radius 1 is 0.950 bits per heavy atom. The SMILES string of the molecule is CCNCC1CC1C(c1ccccc1)c1ccccc1. The van der Waals surface area contributed by atoms with E-state index in [1.807, 2.05) is 0 Å². The minimum Gasteiger partial charge on any atom is -0.317 e. The Hall–Kier alpha value is -1.60. The summed E-state index contributed by atoms with van der Waals surface area (Å²) in [5.41, 5.74) is 2.92. The Balaban J connectivity index is 1.83. The van der Waals surface area contributed by atoms with Crippen LogP contribution < -0.4 is 5.32 Å². The third kappa shape index (κ3) is 2.94. The second kappa shape index (κ2) is 6.23. The molecule has 2 atom stereocenters. The molecular formula is C19H23N. The minimum atomic E-state index is 0.557. The first kappa shape index (κ1) is 13.4. The van der Waals surface area contributed by atoms with Crippen molar-refractivity contribution in [2.75, 3.05) is 13.1 Å². The van der Waals surface area contributed by atoms with E-state index >= 15 is 0 Å². The fourth-order valence-corrected chi connectivity index (χ4v) is 3.25. The molecule has 0 spiro atoms. The van der Waals surface area contributed by atoms with Gasteiger partial charge >= 0.3 is 0 Å². The van der Waals surface area contributed by atoms with Gasteiger partial charge in [0.15, 0.2) is 0 Å². The zero-order valence-corrected chi connectivity index (χ0v) is 12.1. The number of hydrogen-bond donors (Lipinski definition) is 1. The molecule has 0 radical (unpaired) electrons. The normalized spacial score (nSPS) is 21.1. The summed E-state index contributed by atoms with van der Waals surface area (Å²) in [6.07, 6.45) is 1.35. The van der Waals surface area contributed by atoms with Gasteiger partial charge in [0.1, 0.15) is 0 Å². The van der Waals surface area contributed by atoms with Crippen LogP contribution in [0.3, 0.4) is 0 Å². The van der Waals surface area contributed by atoms with E-state index in [2.05, 4.69) is 72.9 Å². The van der Waals surface area contributed by atoms with Crippen LogP contribution in [0, 0.1) is 11.8 Å². The van der Waals surface area contributed by atoms with Crippen LogP contribution in [0.25, 0.3) is 0 Å². The predicted octanol–water partition coefficient (Wildman–Crippen LogP) is 4.06. The molecule has 104 valence electrons. The van der Waals surface area contributed by atoms with Gasteiger partial charge in [-0.05, 0) is 42.5 Å². The van der Waals surface area contributed by atoms with E-state index < -0.39 is 0 Å². The van der Waals surface area contributed by atoms with Crippen molar-refractivity contribution in [3.63, 3.8) is 0 Å². The molecule has 1 saturated carbocycles. The van der Waals surface area contributed by atoms with E-state index in [-0.39, 0.29) is 0 Å². The van der Waals surface area contributed by atoms with Crippen LogP contribution in [-0.2, 0) is 0 Å². The van der Waals surface area contributed by atoms with E-state index in [1.165, 1.54) is 17.5 Å². The van der Waals surface area contributed by atoms with E-state index in [4.69, 9.17) is 0 Å². The first-order valence-corrected chi connectivity index (χ1v) is 7.70. The second-order valence-corrected chi connectivity index (χ2v) is 5.77. The molecule has 0 aliphatic heterocycles. The Morgan fingerprint density at radius 3 is 2.00 bits per heavy atom. The van der Waals surface area contributed by atoms with Crippen LogP contribution >= 0.6 is 0 Å². The molecule has 0 amide bonds. The molecule has 0 saturated heterocycles. The summed E-state index contributed by atoms with van der Waals surface area (Å²) < 4.78 is 0. The van der Waals surface area contributed by atoms with Crippen molar-refractivity contribution < 1.29 is 0 Å². The molecule has 20 heavy (non-hydrogen) atoms. The zero-order valence-electron chi connectivity index (χ0n) is 12.1. The first-order chi connectivity index (χ1) is 9.90. The molecule has 2 unspecified atom stereocenters. The topological polar surface area (TPSA) is 12.0 Å². The average molecular weight is 265 g/mol. The molecule has 1 aliphatic carbocycles. The number of benzene rings is 2. The molecule has 2 aromatic carbocycles. The summed E-state index contributed by atoms with van der Waals surface area (Å²) in [4.78, 5) is 0. The van der Waals surface area contributed by atoms with Crippen LogP contribution in [-0.4, -0.2) is 13.1 Å². The maximum atomic E-state index is 3.50. The van der Waals surface area contributed by atoms with Gasteiger partial charge < -0.3 is 5.32 Å². The van der Waals surface area contributed by atoms with Gasteiger partial charge in [0.2, 0.25) is 0 Å². The Labute approximate surface area is 122 Å². The van der Waals surface area contributed by atoms with E-state index in [0.717, 1.165) is 24.9 Å². The van der Waals surface area contributed by atoms with Crippen molar-refractivity contribution in [1.29, 1.82) is 0 Å². The number of nitrogens with one attached hydrogen (secondary N) is 1. The summed E-state index contributed by atoms with van der Waals surface area (Å²) in [7, 11) is 0. The summed E-state index contributed by atoms with van der Waals surface area (Å²) >= 11 is 0. The third-order valence-corrected chi connectivity index (χ3v) is 4.38. The van der Waals surface area contributed by atoms with Gasteiger partial charge in [0.25, 0.3) is 0 Å². The fraction of sp³-hybridized carbons (Fsp3) is 0.368. The molecule has 2 aromatic rings. The summed E-state index contributed by atoms with van der Waals surface area (Å²) in [6.45, 7) is 4.42. The smallest absolute Gasteiger partial charge is 0.0121 e. The third-order valence-electron chi connectivity index (χ3n) is 4.38. The fourth-order valence-electron chi connectivity index (χ4n) is 3.25. The average Bonchev–Trinajstić information content (AvgIpc) is 3.27. The van der Waals surface area contributed by atoms with Gasteiger partial charge in [0.05, 0.1) is 0 Å². The van der Waals surface area contributed by atoms with Gasteiger partial charge in [-0.1, -0.05) is 67.6 Å². The maximum absolute atomic E-state index is 3.50. The quantitative estimate of drug-likeness (QED) is 0.830.